The summed E-state index contributed by atoms with van der Waals surface area (Å²) in [5.41, 5.74) is 0.836. The van der Waals surface area contributed by atoms with Crippen LogP contribution >= 0.6 is 11.8 Å². The zero-order chi connectivity index (χ0) is 19.6. The lowest BCUT2D eigenvalue weighted by Crippen LogP contribution is -2.46. The van der Waals surface area contributed by atoms with Crippen molar-refractivity contribution in [3.05, 3.63) is 65.5 Å². The minimum absolute atomic E-state index is 0.0691. The van der Waals surface area contributed by atoms with Crippen LogP contribution in [0.4, 0.5) is 4.39 Å². The number of carbonyl (C=O) groups excluding carboxylic acids is 2. The fraction of sp³-hybridized carbons (Fsp3) is 0.300. The Hall–Kier alpha value is -2.54. The summed E-state index contributed by atoms with van der Waals surface area (Å²) in [7, 11) is 1.55. The zero-order valence-corrected chi connectivity index (χ0v) is 16.1. The smallest absolute Gasteiger partial charge is 0.251 e. The van der Waals surface area contributed by atoms with Gasteiger partial charge in [0.2, 0.25) is 5.91 Å². The predicted octanol–water partition coefficient (Wildman–Crippen LogP) is 3.00. The van der Waals surface area contributed by atoms with Gasteiger partial charge in [-0.05, 0) is 48.8 Å². The first-order valence-corrected chi connectivity index (χ1v) is 9.89. The molecule has 0 aromatic heterocycles. The standard InChI is InChI=1S/C20H23FN2O3S/c1-26-16-9-7-14(8-10-16)19(24)23-18(11-12-27-2)20(25)22-13-15-5-3-4-6-17(15)21/h3-10,18H,11-13H2,1-2H3,(H,22,25)(H,23,24). The maximum atomic E-state index is 13.7. The second kappa shape index (κ2) is 10.6. The fourth-order valence-corrected chi connectivity index (χ4v) is 2.91. The van der Waals surface area contributed by atoms with Crippen molar-refractivity contribution in [3.63, 3.8) is 0 Å². The molecule has 0 aliphatic carbocycles. The van der Waals surface area contributed by atoms with E-state index < -0.39 is 6.04 Å². The summed E-state index contributed by atoms with van der Waals surface area (Å²) in [6.07, 6.45) is 2.41. The lowest BCUT2D eigenvalue weighted by molar-refractivity contribution is -0.123. The normalized spacial score (nSPS) is 11.5. The number of hydrogen-bond donors (Lipinski definition) is 2. The fourth-order valence-electron chi connectivity index (χ4n) is 2.44. The van der Waals surface area contributed by atoms with Crippen LogP contribution in [0, 0.1) is 5.82 Å². The third-order valence-corrected chi connectivity index (χ3v) is 4.64. The molecule has 0 heterocycles. The third-order valence-electron chi connectivity index (χ3n) is 4.00. The van der Waals surface area contributed by atoms with E-state index in [0.717, 1.165) is 0 Å². The van der Waals surface area contributed by atoms with Crippen molar-refractivity contribution in [1.29, 1.82) is 0 Å². The summed E-state index contributed by atoms with van der Waals surface area (Å²) in [6.45, 7) is 0.0691. The molecule has 0 fully saturated rings. The molecule has 2 aromatic rings. The number of methoxy groups -OCH3 is 1. The summed E-state index contributed by atoms with van der Waals surface area (Å²) in [6, 6.07) is 12.2. The summed E-state index contributed by atoms with van der Waals surface area (Å²) in [5, 5.41) is 5.46. The molecular formula is C20H23FN2O3S. The predicted molar refractivity (Wildman–Crippen MR) is 105 cm³/mol. The van der Waals surface area contributed by atoms with Crippen LogP contribution in [-0.4, -0.2) is 37.0 Å². The van der Waals surface area contributed by atoms with E-state index in [2.05, 4.69) is 10.6 Å². The van der Waals surface area contributed by atoms with Crippen molar-refractivity contribution in [2.75, 3.05) is 19.1 Å². The van der Waals surface area contributed by atoms with Crippen molar-refractivity contribution >= 4 is 23.6 Å². The van der Waals surface area contributed by atoms with Gasteiger partial charge in [-0.2, -0.15) is 11.8 Å². The van der Waals surface area contributed by atoms with Crippen LogP contribution in [0.1, 0.15) is 22.3 Å². The van der Waals surface area contributed by atoms with E-state index in [-0.39, 0.29) is 24.2 Å². The van der Waals surface area contributed by atoms with Gasteiger partial charge in [0, 0.05) is 17.7 Å². The number of benzene rings is 2. The minimum Gasteiger partial charge on any atom is -0.497 e. The Labute approximate surface area is 162 Å². The highest BCUT2D eigenvalue weighted by atomic mass is 32.2. The molecule has 0 bridgehead atoms. The van der Waals surface area contributed by atoms with E-state index in [1.54, 1.807) is 61.3 Å². The summed E-state index contributed by atoms with van der Waals surface area (Å²) < 4.78 is 18.8. The van der Waals surface area contributed by atoms with E-state index >= 15 is 0 Å². The van der Waals surface area contributed by atoms with E-state index in [4.69, 9.17) is 4.74 Å². The van der Waals surface area contributed by atoms with Gasteiger partial charge in [0.15, 0.2) is 0 Å². The van der Waals surface area contributed by atoms with Crippen molar-refractivity contribution < 1.29 is 18.7 Å². The second-order valence-electron chi connectivity index (χ2n) is 5.85. The highest BCUT2D eigenvalue weighted by molar-refractivity contribution is 7.98. The molecule has 144 valence electrons. The van der Waals surface area contributed by atoms with Gasteiger partial charge in [-0.3, -0.25) is 9.59 Å². The number of ether oxygens (including phenoxy) is 1. The SMILES string of the molecule is COc1ccc(C(=O)NC(CCSC)C(=O)NCc2ccccc2F)cc1. The van der Waals surface area contributed by atoms with Crippen LogP contribution in [0.3, 0.4) is 0 Å². The van der Waals surface area contributed by atoms with E-state index in [1.165, 1.54) is 6.07 Å². The van der Waals surface area contributed by atoms with Gasteiger partial charge in [0.05, 0.1) is 7.11 Å². The number of amides is 2. The van der Waals surface area contributed by atoms with Crippen LogP contribution in [-0.2, 0) is 11.3 Å². The van der Waals surface area contributed by atoms with Gasteiger partial charge < -0.3 is 15.4 Å². The van der Waals surface area contributed by atoms with E-state index in [9.17, 15) is 14.0 Å². The number of halogens is 1. The first kappa shape index (κ1) is 20.8. The Morgan fingerprint density at radius 3 is 2.48 bits per heavy atom. The molecule has 2 rings (SSSR count). The van der Waals surface area contributed by atoms with E-state index in [1.807, 2.05) is 6.26 Å². The van der Waals surface area contributed by atoms with Crippen molar-refractivity contribution in [1.82, 2.24) is 10.6 Å². The molecule has 0 spiro atoms. The number of rotatable bonds is 9. The zero-order valence-electron chi connectivity index (χ0n) is 15.3. The van der Waals surface area contributed by atoms with E-state index in [0.29, 0.717) is 29.1 Å². The summed E-state index contributed by atoms with van der Waals surface area (Å²) in [4.78, 5) is 25.0. The molecule has 7 heteroatoms. The third kappa shape index (κ3) is 6.29. The molecule has 1 atom stereocenters. The molecule has 0 aliphatic rings. The molecule has 2 amide bonds. The quantitative estimate of drug-likeness (QED) is 0.691. The molecule has 0 radical (unpaired) electrons. The van der Waals surface area contributed by atoms with Crippen LogP contribution in [0.2, 0.25) is 0 Å². The molecule has 0 saturated heterocycles. The summed E-state index contributed by atoms with van der Waals surface area (Å²) in [5.74, 6) is 0.300. The maximum absolute atomic E-state index is 13.7. The second-order valence-corrected chi connectivity index (χ2v) is 6.83. The lowest BCUT2D eigenvalue weighted by Gasteiger charge is -2.18. The lowest BCUT2D eigenvalue weighted by atomic mass is 10.1. The number of nitrogens with one attached hydrogen (secondary N) is 2. The Morgan fingerprint density at radius 2 is 1.85 bits per heavy atom. The average Bonchev–Trinajstić information content (AvgIpc) is 2.70. The Balaban J connectivity index is 2.00. The van der Waals surface area contributed by atoms with Gasteiger partial charge >= 0.3 is 0 Å². The molecule has 2 aromatic carbocycles. The van der Waals surface area contributed by atoms with Crippen LogP contribution in [0.15, 0.2) is 48.5 Å². The monoisotopic (exact) mass is 390 g/mol. The van der Waals surface area contributed by atoms with Crippen molar-refractivity contribution in [3.8, 4) is 5.75 Å². The highest BCUT2D eigenvalue weighted by Gasteiger charge is 2.21. The maximum Gasteiger partial charge on any atom is 0.251 e. The minimum atomic E-state index is -0.696. The molecule has 0 aliphatic heterocycles. The van der Waals surface area contributed by atoms with Crippen molar-refractivity contribution in [2.24, 2.45) is 0 Å². The van der Waals surface area contributed by atoms with Crippen LogP contribution in [0.25, 0.3) is 0 Å². The largest absolute Gasteiger partial charge is 0.497 e. The van der Waals surface area contributed by atoms with Gasteiger partial charge in [0.1, 0.15) is 17.6 Å². The molecule has 5 nitrogen and oxygen atoms in total. The topological polar surface area (TPSA) is 67.4 Å². The highest BCUT2D eigenvalue weighted by Crippen LogP contribution is 2.12. The van der Waals surface area contributed by atoms with Crippen LogP contribution in [0.5, 0.6) is 5.75 Å². The molecule has 0 saturated carbocycles. The number of carbonyl (C=O) groups is 2. The Kier molecular flexibility index (Phi) is 8.13. The van der Waals surface area contributed by atoms with Gasteiger partial charge in [-0.25, -0.2) is 4.39 Å². The number of thioether (sulfide) groups is 1. The Bertz CT molecular complexity index is 768. The Morgan fingerprint density at radius 1 is 1.15 bits per heavy atom. The number of hydrogen-bond acceptors (Lipinski definition) is 4. The van der Waals surface area contributed by atoms with Gasteiger partial charge in [0.25, 0.3) is 5.91 Å². The van der Waals surface area contributed by atoms with Crippen molar-refractivity contribution in [2.45, 2.75) is 19.0 Å². The first-order chi connectivity index (χ1) is 13.0. The molecular weight excluding hydrogens is 367 g/mol. The average molecular weight is 390 g/mol. The van der Waals surface area contributed by atoms with Crippen LogP contribution < -0.4 is 15.4 Å². The molecule has 2 N–H and O–H groups in total. The molecule has 1 unspecified atom stereocenters. The summed E-state index contributed by atoms with van der Waals surface area (Å²) >= 11 is 1.58. The first-order valence-electron chi connectivity index (χ1n) is 8.50. The molecule has 27 heavy (non-hydrogen) atoms. The van der Waals surface area contributed by atoms with Gasteiger partial charge in [-0.1, -0.05) is 18.2 Å². The van der Waals surface area contributed by atoms with Gasteiger partial charge in [-0.15, -0.1) is 0 Å².